The fourth-order valence-electron chi connectivity index (χ4n) is 2.97. The molecule has 0 spiro atoms. The molecule has 21 heavy (non-hydrogen) atoms. The van der Waals surface area contributed by atoms with E-state index in [0.717, 1.165) is 56.2 Å². The number of methoxy groups -OCH3 is 1. The first-order valence-electron chi connectivity index (χ1n) is 7.45. The minimum atomic E-state index is 0.529. The predicted octanol–water partition coefficient (Wildman–Crippen LogP) is 0.900. The van der Waals surface area contributed by atoms with Crippen LogP contribution in [0.4, 0.5) is 5.82 Å². The largest absolute Gasteiger partial charge is 0.383 e. The molecule has 1 saturated heterocycles. The first-order chi connectivity index (χ1) is 10.3. The fraction of sp³-hybridized carbons (Fsp3) is 0.643. The van der Waals surface area contributed by atoms with Crippen LogP contribution in [0.5, 0.6) is 0 Å². The number of fused-ring (bicyclic) bond motifs is 1. The van der Waals surface area contributed by atoms with Crippen molar-refractivity contribution in [1.82, 2.24) is 24.8 Å². The van der Waals surface area contributed by atoms with Crippen molar-refractivity contribution in [2.45, 2.75) is 19.4 Å². The van der Waals surface area contributed by atoms with Crippen LogP contribution in [0.2, 0.25) is 0 Å². The molecule has 0 aromatic carbocycles. The van der Waals surface area contributed by atoms with Crippen molar-refractivity contribution in [3.05, 3.63) is 12.7 Å². The highest BCUT2D eigenvalue weighted by Gasteiger charge is 2.27. The van der Waals surface area contributed by atoms with E-state index in [0.29, 0.717) is 6.04 Å². The van der Waals surface area contributed by atoms with Gasteiger partial charge in [-0.15, -0.1) is 0 Å². The van der Waals surface area contributed by atoms with Gasteiger partial charge in [0.1, 0.15) is 11.8 Å². The Morgan fingerprint density at radius 3 is 3.05 bits per heavy atom. The summed E-state index contributed by atoms with van der Waals surface area (Å²) in [6.45, 7) is 6.98. The van der Waals surface area contributed by atoms with Gasteiger partial charge in [0.05, 0.1) is 12.9 Å². The predicted molar refractivity (Wildman–Crippen MR) is 81.4 cm³/mol. The molecule has 1 N–H and O–H groups in total. The summed E-state index contributed by atoms with van der Waals surface area (Å²) in [6.07, 6.45) is 4.39. The molecule has 0 aliphatic carbocycles. The molecule has 2 aromatic heterocycles. The van der Waals surface area contributed by atoms with Gasteiger partial charge < -0.3 is 14.6 Å². The highest BCUT2D eigenvalue weighted by Crippen LogP contribution is 2.23. The lowest BCUT2D eigenvalue weighted by Crippen LogP contribution is -2.54. The zero-order valence-corrected chi connectivity index (χ0v) is 12.6. The molecule has 1 atom stereocenters. The van der Waals surface area contributed by atoms with Gasteiger partial charge in [0, 0.05) is 39.3 Å². The Morgan fingerprint density at radius 1 is 1.33 bits per heavy atom. The van der Waals surface area contributed by atoms with Gasteiger partial charge in [-0.3, -0.25) is 4.90 Å². The number of nitrogens with one attached hydrogen (secondary N) is 1. The number of piperazine rings is 1. The summed E-state index contributed by atoms with van der Waals surface area (Å²) < 4.78 is 5.21. The van der Waals surface area contributed by atoms with E-state index in [-0.39, 0.29) is 0 Å². The maximum absolute atomic E-state index is 5.21. The lowest BCUT2D eigenvalue weighted by Gasteiger charge is -2.41. The number of anilines is 1. The van der Waals surface area contributed by atoms with Crippen LogP contribution in [0, 0.1) is 0 Å². The van der Waals surface area contributed by atoms with Crippen molar-refractivity contribution in [2.24, 2.45) is 0 Å². The SMILES string of the molecule is CCC1CN(c2ncnc3nc[nH]c23)CCN1CCOC. The molecule has 2 aromatic rings. The number of nitrogens with zero attached hydrogens (tertiary/aromatic N) is 5. The summed E-state index contributed by atoms with van der Waals surface area (Å²) in [5, 5.41) is 0. The second-order valence-electron chi connectivity index (χ2n) is 5.34. The third-order valence-electron chi connectivity index (χ3n) is 4.16. The van der Waals surface area contributed by atoms with E-state index in [2.05, 4.69) is 36.7 Å². The molecule has 3 heterocycles. The van der Waals surface area contributed by atoms with E-state index in [4.69, 9.17) is 4.74 Å². The molecular weight excluding hydrogens is 268 g/mol. The van der Waals surface area contributed by atoms with E-state index >= 15 is 0 Å². The van der Waals surface area contributed by atoms with E-state index in [1.165, 1.54) is 0 Å². The van der Waals surface area contributed by atoms with Crippen LogP contribution in [-0.4, -0.2) is 70.8 Å². The van der Waals surface area contributed by atoms with Crippen LogP contribution < -0.4 is 4.90 Å². The molecule has 3 rings (SSSR count). The topological polar surface area (TPSA) is 70.2 Å². The van der Waals surface area contributed by atoms with E-state index in [9.17, 15) is 0 Å². The smallest absolute Gasteiger partial charge is 0.182 e. The van der Waals surface area contributed by atoms with Gasteiger partial charge in [-0.1, -0.05) is 6.92 Å². The van der Waals surface area contributed by atoms with Gasteiger partial charge >= 0.3 is 0 Å². The number of ether oxygens (including phenoxy) is 1. The average molecular weight is 290 g/mol. The van der Waals surface area contributed by atoms with Gasteiger partial charge in [-0.25, -0.2) is 15.0 Å². The van der Waals surface area contributed by atoms with Gasteiger partial charge in [0.25, 0.3) is 0 Å². The standard InChI is InChI=1S/C14H22N6O/c1-3-11-8-20(5-4-19(11)6-7-21-2)14-12-13(16-9-15-12)17-10-18-14/h9-11H,3-8H2,1-2H3,(H,15,16,17,18). The molecule has 1 fully saturated rings. The Hall–Kier alpha value is -1.73. The maximum Gasteiger partial charge on any atom is 0.182 e. The van der Waals surface area contributed by atoms with Crippen LogP contribution >= 0.6 is 0 Å². The molecule has 7 nitrogen and oxygen atoms in total. The molecule has 1 aliphatic rings. The minimum Gasteiger partial charge on any atom is -0.383 e. The Kier molecular flexibility index (Phi) is 4.31. The van der Waals surface area contributed by atoms with Crippen molar-refractivity contribution in [3.63, 3.8) is 0 Å². The number of H-pyrrole nitrogens is 1. The van der Waals surface area contributed by atoms with Gasteiger partial charge in [0.15, 0.2) is 11.5 Å². The molecule has 1 aliphatic heterocycles. The third kappa shape index (κ3) is 2.84. The summed E-state index contributed by atoms with van der Waals surface area (Å²) in [5.41, 5.74) is 1.66. The van der Waals surface area contributed by atoms with Crippen LogP contribution in [0.1, 0.15) is 13.3 Å². The number of rotatable bonds is 5. The summed E-state index contributed by atoms with van der Waals surface area (Å²) in [7, 11) is 1.76. The van der Waals surface area contributed by atoms with Crippen LogP contribution in [0.3, 0.4) is 0 Å². The number of hydrogen-bond donors (Lipinski definition) is 1. The van der Waals surface area contributed by atoms with Crippen molar-refractivity contribution in [3.8, 4) is 0 Å². The fourth-order valence-corrected chi connectivity index (χ4v) is 2.97. The molecule has 0 bridgehead atoms. The van der Waals surface area contributed by atoms with E-state index in [1.54, 1.807) is 19.8 Å². The Balaban J connectivity index is 1.77. The Labute approximate surface area is 124 Å². The highest BCUT2D eigenvalue weighted by atomic mass is 16.5. The molecule has 0 amide bonds. The number of aromatic amines is 1. The van der Waals surface area contributed by atoms with Crippen LogP contribution in [-0.2, 0) is 4.74 Å². The monoisotopic (exact) mass is 290 g/mol. The van der Waals surface area contributed by atoms with Crippen molar-refractivity contribution in [1.29, 1.82) is 0 Å². The average Bonchev–Trinajstić information content (AvgIpc) is 3.01. The van der Waals surface area contributed by atoms with Gasteiger partial charge in [-0.2, -0.15) is 0 Å². The van der Waals surface area contributed by atoms with E-state index in [1.807, 2.05) is 0 Å². The molecule has 7 heteroatoms. The summed E-state index contributed by atoms with van der Waals surface area (Å²) in [5.74, 6) is 0.961. The second-order valence-corrected chi connectivity index (χ2v) is 5.34. The lowest BCUT2D eigenvalue weighted by molar-refractivity contribution is 0.109. The summed E-state index contributed by atoms with van der Waals surface area (Å²) >= 11 is 0. The zero-order chi connectivity index (χ0) is 14.7. The number of imidazole rings is 1. The number of hydrogen-bond acceptors (Lipinski definition) is 6. The summed E-state index contributed by atoms with van der Waals surface area (Å²) in [4.78, 5) is 20.8. The third-order valence-corrected chi connectivity index (χ3v) is 4.16. The second kappa shape index (κ2) is 6.36. The zero-order valence-electron chi connectivity index (χ0n) is 12.6. The van der Waals surface area contributed by atoms with Crippen LogP contribution in [0.25, 0.3) is 11.2 Å². The molecule has 1 unspecified atom stereocenters. The van der Waals surface area contributed by atoms with Crippen molar-refractivity contribution in [2.75, 3.05) is 44.8 Å². The maximum atomic E-state index is 5.21. The van der Waals surface area contributed by atoms with Crippen molar-refractivity contribution >= 4 is 17.0 Å². The molecule has 0 saturated carbocycles. The van der Waals surface area contributed by atoms with Crippen LogP contribution in [0.15, 0.2) is 12.7 Å². The number of aromatic nitrogens is 4. The molecule has 114 valence electrons. The first kappa shape index (κ1) is 14.2. The van der Waals surface area contributed by atoms with Gasteiger partial charge in [-0.05, 0) is 6.42 Å². The quantitative estimate of drug-likeness (QED) is 0.882. The van der Waals surface area contributed by atoms with E-state index < -0.39 is 0 Å². The first-order valence-corrected chi connectivity index (χ1v) is 7.45. The Morgan fingerprint density at radius 2 is 2.24 bits per heavy atom. The molecular formula is C14H22N6O. The normalized spacial score (nSPS) is 20.3. The highest BCUT2D eigenvalue weighted by molar-refractivity contribution is 5.82. The summed E-state index contributed by atoms with van der Waals surface area (Å²) in [6, 6.07) is 0.529. The van der Waals surface area contributed by atoms with Gasteiger partial charge in [0.2, 0.25) is 0 Å². The minimum absolute atomic E-state index is 0.529. The van der Waals surface area contributed by atoms with Crippen molar-refractivity contribution < 1.29 is 4.74 Å². The Bertz CT molecular complexity index is 586. The molecule has 0 radical (unpaired) electrons. The lowest BCUT2D eigenvalue weighted by atomic mass is 10.1.